The van der Waals surface area contributed by atoms with Crippen molar-refractivity contribution in [3.63, 3.8) is 0 Å². The average molecular weight is 277 g/mol. The molecule has 7 heteroatoms. The van der Waals surface area contributed by atoms with Crippen LogP contribution in [0.4, 0.5) is 19.0 Å². The maximum Gasteiger partial charge on any atom is 0.392 e. The van der Waals surface area contributed by atoms with Crippen LogP contribution in [-0.2, 0) is 6.42 Å². The van der Waals surface area contributed by atoms with Gasteiger partial charge >= 0.3 is 6.18 Å². The molecule has 1 heterocycles. The summed E-state index contributed by atoms with van der Waals surface area (Å²) in [6.07, 6.45) is -4.62. The molecule has 1 aromatic heterocycles. The van der Waals surface area contributed by atoms with Crippen LogP contribution in [0.3, 0.4) is 0 Å². The fourth-order valence-corrected chi connectivity index (χ4v) is 1.44. The van der Waals surface area contributed by atoms with E-state index in [1.165, 1.54) is 0 Å². The third kappa shape index (κ3) is 4.92. The minimum Gasteiger partial charge on any atom is -0.477 e. The van der Waals surface area contributed by atoms with Crippen LogP contribution in [0.1, 0.15) is 31.7 Å². The molecule has 0 bridgehead atoms. The highest BCUT2D eigenvalue weighted by Crippen LogP contribution is 2.24. The van der Waals surface area contributed by atoms with E-state index in [-0.39, 0.29) is 5.88 Å². The molecule has 0 amide bonds. The first kappa shape index (κ1) is 15.5. The molecule has 0 aliphatic carbocycles. The SMILES string of the molecule is CCNc1nc(CC)nc(OCCC(F)(F)F)c1C. The Labute approximate surface area is 110 Å². The average Bonchev–Trinajstić information content (AvgIpc) is 2.32. The largest absolute Gasteiger partial charge is 0.477 e. The van der Waals surface area contributed by atoms with Gasteiger partial charge in [-0.2, -0.15) is 18.2 Å². The van der Waals surface area contributed by atoms with Crippen LogP contribution < -0.4 is 10.1 Å². The molecule has 19 heavy (non-hydrogen) atoms. The quantitative estimate of drug-likeness (QED) is 0.868. The van der Waals surface area contributed by atoms with Gasteiger partial charge in [0.05, 0.1) is 18.6 Å². The van der Waals surface area contributed by atoms with Gasteiger partial charge in [0, 0.05) is 13.0 Å². The summed E-state index contributed by atoms with van der Waals surface area (Å²) in [5.41, 5.74) is 0.626. The second-order valence-corrected chi connectivity index (χ2v) is 4.02. The van der Waals surface area contributed by atoms with Crippen LogP contribution >= 0.6 is 0 Å². The van der Waals surface area contributed by atoms with E-state index < -0.39 is 19.2 Å². The molecule has 108 valence electrons. The number of alkyl halides is 3. The maximum atomic E-state index is 12.1. The topological polar surface area (TPSA) is 47.0 Å². The first-order chi connectivity index (χ1) is 8.87. The fourth-order valence-electron chi connectivity index (χ4n) is 1.44. The van der Waals surface area contributed by atoms with Crippen molar-refractivity contribution in [1.82, 2.24) is 9.97 Å². The number of aryl methyl sites for hydroxylation is 1. The van der Waals surface area contributed by atoms with Crippen molar-refractivity contribution in [1.29, 1.82) is 0 Å². The Morgan fingerprint density at radius 3 is 2.42 bits per heavy atom. The summed E-state index contributed by atoms with van der Waals surface area (Å²) >= 11 is 0. The normalized spacial score (nSPS) is 11.5. The van der Waals surface area contributed by atoms with Gasteiger partial charge in [0.15, 0.2) is 0 Å². The van der Waals surface area contributed by atoms with Crippen molar-refractivity contribution in [2.24, 2.45) is 0 Å². The first-order valence-electron chi connectivity index (χ1n) is 6.18. The summed E-state index contributed by atoms with van der Waals surface area (Å²) in [7, 11) is 0. The number of ether oxygens (including phenoxy) is 1. The monoisotopic (exact) mass is 277 g/mol. The van der Waals surface area contributed by atoms with Gasteiger partial charge in [-0.05, 0) is 13.8 Å². The number of nitrogens with one attached hydrogen (secondary N) is 1. The summed E-state index contributed by atoms with van der Waals surface area (Å²) in [4.78, 5) is 8.39. The van der Waals surface area contributed by atoms with Gasteiger partial charge < -0.3 is 10.1 Å². The van der Waals surface area contributed by atoms with Crippen LogP contribution in [0, 0.1) is 6.92 Å². The molecule has 1 N–H and O–H groups in total. The van der Waals surface area contributed by atoms with Gasteiger partial charge in [-0.1, -0.05) is 6.92 Å². The number of rotatable bonds is 6. The van der Waals surface area contributed by atoms with Crippen molar-refractivity contribution in [3.8, 4) is 5.88 Å². The Hall–Kier alpha value is -1.53. The van der Waals surface area contributed by atoms with E-state index in [2.05, 4.69) is 15.3 Å². The predicted octanol–water partition coefficient (Wildman–Crippen LogP) is 3.11. The van der Waals surface area contributed by atoms with Gasteiger partial charge in [-0.3, -0.25) is 0 Å². The molecule has 0 atom stereocenters. The highest BCUT2D eigenvalue weighted by molar-refractivity contribution is 5.48. The van der Waals surface area contributed by atoms with E-state index >= 15 is 0 Å². The molecule has 0 saturated carbocycles. The lowest BCUT2D eigenvalue weighted by Gasteiger charge is -2.14. The molecule has 0 saturated heterocycles. The lowest BCUT2D eigenvalue weighted by Crippen LogP contribution is -2.15. The lowest BCUT2D eigenvalue weighted by atomic mass is 10.3. The van der Waals surface area contributed by atoms with E-state index in [0.29, 0.717) is 30.2 Å². The molecule has 4 nitrogen and oxygen atoms in total. The number of aromatic nitrogens is 2. The van der Waals surface area contributed by atoms with Gasteiger partial charge in [0.1, 0.15) is 11.6 Å². The van der Waals surface area contributed by atoms with Crippen LogP contribution in [0.15, 0.2) is 0 Å². The minimum atomic E-state index is -4.22. The smallest absolute Gasteiger partial charge is 0.392 e. The van der Waals surface area contributed by atoms with Crippen molar-refractivity contribution >= 4 is 5.82 Å². The van der Waals surface area contributed by atoms with Crippen LogP contribution in [0.25, 0.3) is 0 Å². The molecule has 0 fully saturated rings. The molecule has 0 unspecified atom stereocenters. The molecule has 0 aliphatic rings. The standard InChI is InChI=1S/C12H18F3N3O/c1-4-9-17-10(16-5-2)8(3)11(18-9)19-7-6-12(13,14)15/h4-7H2,1-3H3,(H,16,17,18). The number of hydrogen-bond acceptors (Lipinski definition) is 4. The van der Waals surface area contributed by atoms with Crippen molar-refractivity contribution in [2.45, 2.75) is 39.8 Å². The number of halogens is 3. The van der Waals surface area contributed by atoms with Gasteiger partial charge in [-0.25, -0.2) is 4.98 Å². The zero-order chi connectivity index (χ0) is 14.5. The molecule has 0 spiro atoms. The number of anilines is 1. The van der Waals surface area contributed by atoms with Crippen molar-refractivity contribution < 1.29 is 17.9 Å². The minimum absolute atomic E-state index is 0.215. The Bertz CT molecular complexity index is 421. The summed E-state index contributed by atoms with van der Waals surface area (Å²) in [6.45, 7) is 5.75. The van der Waals surface area contributed by atoms with Gasteiger partial charge in [-0.15, -0.1) is 0 Å². The first-order valence-corrected chi connectivity index (χ1v) is 6.18. The molecule has 1 rings (SSSR count). The number of nitrogens with zero attached hydrogens (tertiary/aromatic N) is 2. The fraction of sp³-hybridized carbons (Fsp3) is 0.667. The summed E-state index contributed by atoms with van der Waals surface area (Å²) in [6, 6.07) is 0. The highest BCUT2D eigenvalue weighted by atomic mass is 19.4. The molecular weight excluding hydrogens is 259 g/mol. The van der Waals surface area contributed by atoms with Crippen LogP contribution in [-0.4, -0.2) is 29.3 Å². The van der Waals surface area contributed by atoms with Gasteiger partial charge in [0.25, 0.3) is 0 Å². The molecular formula is C12H18F3N3O. The van der Waals surface area contributed by atoms with Gasteiger partial charge in [0.2, 0.25) is 5.88 Å². The lowest BCUT2D eigenvalue weighted by molar-refractivity contribution is -0.139. The van der Waals surface area contributed by atoms with Crippen molar-refractivity contribution in [3.05, 3.63) is 11.4 Å². The Morgan fingerprint density at radius 1 is 1.21 bits per heavy atom. The van der Waals surface area contributed by atoms with Crippen molar-refractivity contribution in [2.75, 3.05) is 18.5 Å². The highest BCUT2D eigenvalue weighted by Gasteiger charge is 2.27. The maximum absolute atomic E-state index is 12.1. The van der Waals surface area contributed by atoms with E-state index in [1.54, 1.807) is 6.92 Å². The molecule has 0 radical (unpaired) electrons. The van der Waals surface area contributed by atoms with E-state index in [9.17, 15) is 13.2 Å². The summed E-state index contributed by atoms with van der Waals surface area (Å²) in [5, 5.41) is 3.04. The van der Waals surface area contributed by atoms with E-state index in [0.717, 1.165) is 0 Å². The Balaban J connectivity index is 2.83. The Morgan fingerprint density at radius 2 is 1.89 bits per heavy atom. The third-order valence-electron chi connectivity index (χ3n) is 2.43. The van der Waals surface area contributed by atoms with Crippen LogP contribution in [0.2, 0.25) is 0 Å². The van der Waals surface area contributed by atoms with E-state index in [4.69, 9.17) is 4.74 Å². The third-order valence-corrected chi connectivity index (χ3v) is 2.43. The van der Waals surface area contributed by atoms with E-state index in [1.807, 2.05) is 13.8 Å². The second kappa shape index (κ2) is 6.58. The molecule has 1 aromatic rings. The zero-order valence-corrected chi connectivity index (χ0v) is 11.3. The molecule has 0 aliphatic heterocycles. The predicted molar refractivity (Wildman–Crippen MR) is 66.5 cm³/mol. The van der Waals surface area contributed by atoms with Crippen LogP contribution in [0.5, 0.6) is 5.88 Å². The molecule has 0 aromatic carbocycles. The summed E-state index contributed by atoms with van der Waals surface area (Å²) < 4.78 is 41.4. The zero-order valence-electron chi connectivity index (χ0n) is 11.3. The Kier molecular flexibility index (Phi) is 5.38. The number of hydrogen-bond donors (Lipinski definition) is 1. The summed E-state index contributed by atoms with van der Waals surface area (Å²) in [5.74, 6) is 1.37. The second-order valence-electron chi connectivity index (χ2n) is 4.02.